The summed E-state index contributed by atoms with van der Waals surface area (Å²) in [6.45, 7) is 0. The summed E-state index contributed by atoms with van der Waals surface area (Å²) >= 11 is 1.59. The Morgan fingerprint density at radius 1 is 1.14 bits per heavy atom. The van der Waals surface area contributed by atoms with Gasteiger partial charge in [0.2, 0.25) is 5.91 Å². The Balaban J connectivity index is 2.16. The van der Waals surface area contributed by atoms with Crippen LogP contribution < -0.4 is 5.32 Å². The fourth-order valence-electron chi connectivity index (χ4n) is 2.09. The molecule has 0 aliphatic heterocycles. The Hall–Kier alpha value is -1.79. The summed E-state index contributed by atoms with van der Waals surface area (Å²) < 4.78 is 23.5. The SMILES string of the molecule is CSc1cccc(NC(=O)Cc2ccccc2S(C)(=O)=O)c1. The van der Waals surface area contributed by atoms with E-state index in [-0.39, 0.29) is 17.2 Å². The molecule has 0 spiro atoms. The third-order valence-corrected chi connectivity index (χ3v) is 5.00. The molecule has 0 fully saturated rings. The van der Waals surface area contributed by atoms with Crippen molar-refractivity contribution in [3.05, 3.63) is 54.1 Å². The van der Waals surface area contributed by atoms with E-state index < -0.39 is 9.84 Å². The molecule has 0 heterocycles. The lowest BCUT2D eigenvalue weighted by Crippen LogP contribution is -2.16. The van der Waals surface area contributed by atoms with Crippen LogP contribution in [0.15, 0.2) is 58.3 Å². The molecule has 0 aliphatic carbocycles. The molecule has 0 unspecified atom stereocenters. The lowest BCUT2D eigenvalue weighted by atomic mass is 10.1. The van der Waals surface area contributed by atoms with Gasteiger partial charge >= 0.3 is 0 Å². The van der Waals surface area contributed by atoms with Gasteiger partial charge in [0.25, 0.3) is 0 Å². The number of benzene rings is 2. The Kier molecular flexibility index (Phi) is 5.26. The van der Waals surface area contributed by atoms with Gasteiger partial charge in [0.1, 0.15) is 0 Å². The van der Waals surface area contributed by atoms with E-state index in [9.17, 15) is 13.2 Å². The van der Waals surface area contributed by atoms with Gasteiger partial charge in [-0.15, -0.1) is 11.8 Å². The Labute approximate surface area is 134 Å². The van der Waals surface area contributed by atoms with E-state index in [1.165, 1.54) is 6.07 Å². The van der Waals surface area contributed by atoms with Gasteiger partial charge in [-0.05, 0) is 36.1 Å². The lowest BCUT2D eigenvalue weighted by molar-refractivity contribution is -0.115. The van der Waals surface area contributed by atoms with Crippen molar-refractivity contribution in [1.29, 1.82) is 0 Å². The second kappa shape index (κ2) is 6.98. The normalized spacial score (nSPS) is 11.2. The second-order valence-electron chi connectivity index (χ2n) is 4.84. The third kappa shape index (κ3) is 4.35. The topological polar surface area (TPSA) is 63.2 Å². The van der Waals surface area contributed by atoms with E-state index in [1.54, 1.807) is 36.0 Å². The molecule has 0 saturated heterocycles. The molecule has 0 atom stereocenters. The quantitative estimate of drug-likeness (QED) is 0.853. The number of anilines is 1. The number of amides is 1. The summed E-state index contributed by atoms with van der Waals surface area (Å²) in [6, 6.07) is 14.1. The van der Waals surface area contributed by atoms with E-state index in [1.807, 2.05) is 24.5 Å². The van der Waals surface area contributed by atoms with Crippen LogP contribution >= 0.6 is 11.8 Å². The summed E-state index contributed by atoms with van der Waals surface area (Å²) in [6.07, 6.45) is 3.13. The second-order valence-corrected chi connectivity index (χ2v) is 7.70. The first-order valence-electron chi connectivity index (χ1n) is 6.62. The van der Waals surface area contributed by atoms with Crippen LogP contribution in [-0.4, -0.2) is 26.8 Å². The maximum atomic E-state index is 12.1. The monoisotopic (exact) mass is 335 g/mol. The third-order valence-electron chi connectivity index (χ3n) is 3.08. The first-order valence-corrected chi connectivity index (χ1v) is 9.73. The van der Waals surface area contributed by atoms with Gasteiger partial charge in [-0.25, -0.2) is 8.42 Å². The molecule has 22 heavy (non-hydrogen) atoms. The summed E-state index contributed by atoms with van der Waals surface area (Å²) in [4.78, 5) is 13.4. The zero-order chi connectivity index (χ0) is 16.2. The van der Waals surface area contributed by atoms with E-state index in [0.717, 1.165) is 11.2 Å². The molecule has 2 aromatic carbocycles. The molecule has 6 heteroatoms. The summed E-state index contributed by atoms with van der Waals surface area (Å²) in [5, 5.41) is 2.80. The molecule has 0 bridgehead atoms. The zero-order valence-corrected chi connectivity index (χ0v) is 14.0. The van der Waals surface area contributed by atoms with Gasteiger partial charge in [0.05, 0.1) is 11.3 Å². The average molecular weight is 335 g/mol. The summed E-state index contributed by atoms with van der Waals surface area (Å²) in [7, 11) is -3.35. The van der Waals surface area contributed by atoms with Gasteiger partial charge < -0.3 is 5.32 Å². The summed E-state index contributed by atoms with van der Waals surface area (Å²) in [5.41, 5.74) is 1.21. The minimum absolute atomic E-state index is 0.0206. The smallest absolute Gasteiger partial charge is 0.228 e. The van der Waals surface area contributed by atoms with Gasteiger partial charge in [0, 0.05) is 16.8 Å². The number of thioether (sulfide) groups is 1. The van der Waals surface area contributed by atoms with Gasteiger partial charge in [-0.3, -0.25) is 4.79 Å². The van der Waals surface area contributed by atoms with Crippen LogP contribution in [-0.2, 0) is 21.1 Å². The molecule has 116 valence electrons. The van der Waals surface area contributed by atoms with Crippen molar-refractivity contribution in [3.63, 3.8) is 0 Å². The fraction of sp³-hybridized carbons (Fsp3) is 0.188. The summed E-state index contributed by atoms with van der Waals surface area (Å²) in [5.74, 6) is -0.241. The fourth-order valence-corrected chi connectivity index (χ4v) is 3.49. The van der Waals surface area contributed by atoms with Crippen molar-refractivity contribution >= 4 is 33.2 Å². The highest BCUT2D eigenvalue weighted by Gasteiger charge is 2.15. The van der Waals surface area contributed by atoms with Crippen LogP contribution in [0.1, 0.15) is 5.56 Å². The van der Waals surface area contributed by atoms with Crippen molar-refractivity contribution < 1.29 is 13.2 Å². The number of hydrogen-bond donors (Lipinski definition) is 1. The molecular formula is C16H17NO3S2. The number of sulfone groups is 1. The maximum absolute atomic E-state index is 12.1. The Bertz CT molecular complexity index is 785. The van der Waals surface area contributed by atoms with Crippen molar-refractivity contribution in [3.8, 4) is 0 Å². The molecule has 2 rings (SSSR count). The maximum Gasteiger partial charge on any atom is 0.228 e. The minimum Gasteiger partial charge on any atom is -0.326 e. The zero-order valence-electron chi connectivity index (χ0n) is 12.4. The number of nitrogens with one attached hydrogen (secondary N) is 1. The number of hydrogen-bond acceptors (Lipinski definition) is 4. The molecular weight excluding hydrogens is 318 g/mol. The van der Waals surface area contributed by atoms with Gasteiger partial charge in [-0.1, -0.05) is 24.3 Å². The first-order chi connectivity index (χ1) is 10.4. The number of rotatable bonds is 5. The highest BCUT2D eigenvalue weighted by atomic mass is 32.2. The molecule has 4 nitrogen and oxygen atoms in total. The van der Waals surface area contributed by atoms with Crippen molar-refractivity contribution in [2.24, 2.45) is 0 Å². The predicted octanol–water partition coefficient (Wildman–Crippen LogP) is 2.99. The standard InChI is InChI=1S/C16H17NO3S2/c1-21-14-8-5-7-13(11-14)17-16(18)10-12-6-3-4-9-15(12)22(2,19)20/h3-9,11H,10H2,1-2H3,(H,17,18). The molecule has 0 aliphatic rings. The molecule has 1 N–H and O–H groups in total. The number of carbonyl (C=O) groups is 1. The van der Waals surface area contributed by atoms with Crippen molar-refractivity contribution in [2.45, 2.75) is 16.2 Å². The van der Waals surface area contributed by atoms with Crippen LogP contribution in [0.5, 0.6) is 0 Å². The van der Waals surface area contributed by atoms with E-state index in [4.69, 9.17) is 0 Å². The molecule has 0 radical (unpaired) electrons. The predicted molar refractivity (Wildman–Crippen MR) is 90.1 cm³/mol. The Morgan fingerprint density at radius 3 is 2.55 bits per heavy atom. The molecule has 0 aromatic heterocycles. The van der Waals surface area contributed by atoms with E-state index >= 15 is 0 Å². The van der Waals surface area contributed by atoms with Crippen LogP contribution in [0.4, 0.5) is 5.69 Å². The number of carbonyl (C=O) groups excluding carboxylic acids is 1. The van der Waals surface area contributed by atoms with Crippen molar-refractivity contribution in [1.82, 2.24) is 0 Å². The molecule has 2 aromatic rings. The van der Waals surface area contributed by atoms with E-state index in [2.05, 4.69) is 5.32 Å². The van der Waals surface area contributed by atoms with Crippen LogP contribution in [0, 0.1) is 0 Å². The van der Waals surface area contributed by atoms with Crippen LogP contribution in [0.3, 0.4) is 0 Å². The lowest BCUT2D eigenvalue weighted by Gasteiger charge is -2.09. The first kappa shape index (κ1) is 16.6. The van der Waals surface area contributed by atoms with Crippen molar-refractivity contribution in [2.75, 3.05) is 17.8 Å². The minimum atomic E-state index is -3.35. The van der Waals surface area contributed by atoms with Crippen LogP contribution in [0.25, 0.3) is 0 Å². The van der Waals surface area contributed by atoms with Gasteiger partial charge in [-0.2, -0.15) is 0 Å². The highest BCUT2D eigenvalue weighted by molar-refractivity contribution is 7.98. The molecule has 0 saturated carbocycles. The largest absolute Gasteiger partial charge is 0.326 e. The van der Waals surface area contributed by atoms with Crippen LogP contribution in [0.2, 0.25) is 0 Å². The van der Waals surface area contributed by atoms with Gasteiger partial charge in [0.15, 0.2) is 9.84 Å². The highest BCUT2D eigenvalue weighted by Crippen LogP contribution is 2.20. The molecule has 1 amide bonds. The Morgan fingerprint density at radius 2 is 1.86 bits per heavy atom. The average Bonchev–Trinajstić information content (AvgIpc) is 2.46. The van der Waals surface area contributed by atoms with E-state index in [0.29, 0.717) is 11.3 Å².